The molecule has 0 saturated carbocycles. The number of benzene rings is 3. The summed E-state index contributed by atoms with van der Waals surface area (Å²) in [7, 11) is 0. The largest absolute Gasteiger partial charge is 0.228 e. The molecule has 0 aliphatic heterocycles. The topological polar surface area (TPSA) is 25.8 Å². The third-order valence-corrected chi connectivity index (χ3v) is 4.05. The molecule has 0 amide bonds. The molecule has 0 fully saturated rings. The quantitative estimate of drug-likeness (QED) is 0.466. The van der Waals surface area contributed by atoms with E-state index in [4.69, 9.17) is 11.6 Å². The van der Waals surface area contributed by atoms with E-state index in [1.165, 1.54) is 6.07 Å². The highest BCUT2D eigenvalue weighted by molar-refractivity contribution is 6.31. The van der Waals surface area contributed by atoms with Crippen molar-refractivity contribution < 1.29 is 4.39 Å². The van der Waals surface area contributed by atoms with Crippen LogP contribution >= 0.6 is 11.6 Å². The van der Waals surface area contributed by atoms with E-state index in [1.54, 1.807) is 30.3 Å². The van der Waals surface area contributed by atoms with Gasteiger partial charge < -0.3 is 0 Å². The van der Waals surface area contributed by atoms with Gasteiger partial charge in [-0.05, 0) is 30.3 Å². The Morgan fingerprint density at radius 3 is 2.33 bits per heavy atom. The predicted octanol–water partition coefficient (Wildman–Crippen LogP) is 5.76. The second-order valence-electron chi connectivity index (χ2n) is 5.40. The van der Waals surface area contributed by atoms with Gasteiger partial charge in [0.05, 0.1) is 11.2 Å². The van der Waals surface area contributed by atoms with E-state index in [1.807, 2.05) is 36.4 Å². The highest BCUT2D eigenvalue weighted by Crippen LogP contribution is 2.31. The first-order chi connectivity index (χ1) is 11.7. The van der Waals surface area contributed by atoms with Crippen molar-refractivity contribution in [3.8, 4) is 22.6 Å². The van der Waals surface area contributed by atoms with Crippen LogP contribution in [0.2, 0.25) is 5.02 Å². The third-order valence-electron chi connectivity index (χ3n) is 3.82. The van der Waals surface area contributed by atoms with E-state index in [2.05, 4.69) is 9.97 Å². The van der Waals surface area contributed by atoms with Crippen LogP contribution in [0.25, 0.3) is 33.5 Å². The van der Waals surface area contributed by atoms with Crippen molar-refractivity contribution >= 4 is 22.5 Å². The molecule has 0 spiro atoms. The molecule has 0 saturated heterocycles. The number of rotatable bonds is 2. The van der Waals surface area contributed by atoms with Crippen molar-refractivity contribution in [1.29, 1.82) is 0 Å². The molecule has 1 aromatic heterocycles. The Hall–Kier alpha value is -2.78. The van der Waals surface area contributed by atoms with E-state index in [0.717, 1.165) is 16.5 Å². The van der Waals surface area contributed by atoms with Gasteiger partial charge in [-0.15, -0.1) is 0 Å². The summed E-state index contributed by atoms with van der Waals surface area (Å²) in [6.07, 6.45) is 0. The minimum absolute atomic E-state index is 0.323. The Bertz CT molecular complexity index is 1030. The van der Waals surface area contributed by atoms with Gasteiger partial charge in [0.2, 0.25) is 0 Å². The minimum Gasteiger partial charge on any atom is -0.228 e. The number of halogens is 2. The lowest BCUT2D eigenvalue weighted by molar-refractivity contribution is 0.631. The van der Waals surface area contributed by atoms with Gasteiger partial charge in [-0.1, -0.05) is 54.1 Å². The Morgan fingerprint density at radius 1 is 0.792 bits per heavy atom. The van der Waals surface area contributed by atoms with E-state index in [0.29, 0.717) is 22.1 Å². The highest BCUT2D eigenvalue weighted by atomic mass is 35.5. The van der Waals surface area contributed by atoms with Crippen molar-refractivity contribution in [1.82, 2.24) is 9.97 Å². The van der Waals surface area contributed by atoms with Gasteiger partial charge in [0.15, 0.2) is 5.82 Å². The SMILES string of the molecule is Fc1ccccc1-c1nc(-c2ccccc2)nc2ccc(Cl)cc12. The summed E-state index contributed by atoms with van der Waals surface area (Å²) in [6.45, 7) is 0. The maximum atomic E-state index is 14.3. The predicted molar refractivity (Wildman–Crippen MR) is 95.4 cm³/mol. The molecule has 116 valence electrons. The summed E-state index contributed by atoms with van der Waals surface area (Å²) in [6, 6.07) is 21.6. The molecule has 2 nitrogen and oxygen atoms in total. The Morgan fingerprint density at radius 2 is 1.54 bits per heavy atom. The van der Waals surface area contributed by atoms with Crippen molar-refractivity contribution in [3.63, 3.8) is 0 Å². The number of hydrogen-bond acceptors (Lipinski definition) is 2. The number of hydrogen-bond donors (Lipinski definition) is 0. The molecule has 0 aliphatic carbocycles. The Kier molecular flexibility index (Phi) is 3.71. The number of fused-ring (bicyclic) bond motifs is 1. The van der Waals surface area contributed by atoms with Gasteiger partial charge in [0.25, 0.3) is 0 Å². The zero-order valence-corrected chi connectivity index (χ0v) is 13.3. The van der Waals surface area contributed by atoms with Gasteiger partial charge >= 0.3 is 0 Å². The van der Waals surface area contributed by atoms with Gasteiger partial charge in [-0.25, -0.2) is 14.4 Å². The second-order valence-corrected chi connectivity index (χ2v) is 5.84. The highest BCUT2D eigenvalue weighted by Gasteiger charge is 2.14. The second kappa shape index (κ2) is 6.02. The summed E-state index contributed by atoms with van der Waals surface area (Å²) >= 11 is 6.13. The molecule has 0 aliphatic rings. The van der Waals surface area contributed by atoms with Crippen LogP contribution in [0, 0.1) is 5.82 Å². The van der Waals surface area contributed by atoms with E-state index in [9.17, 15) is 4.39 Å². The van der Waals surface area contributed by atoms with Gasteiger partial charge in [-0.2, -0.15) is 0 Å². The minimum atomic E-state index is -0.323. The maximum absolute atomic E-state index is 14.3. The first-order valence-corrected chi connectivity index (χ1v) is 7.88. The molecular weight excluding hydrogens is 323 g/mol. The molecule has 0 bridgehead atoms. The fourth-order valence-electron chi connectivity index (χ4n) is 2.68. The average molecular weight is 335 g/mol. The van der Waals surface area contributed by atoms with Crippen LogP contribution in [-0.2, 0) is 0 Å². The zero-order valence-electron chi connectivity index (χ0n) is 12.6. The van der Waals surface area contributed by atoms with E-state index < -0.39 is 0 Å². The summed E-state index contributed by atoms with van der Waals surface area (Å²) in [5, 5.41) is 1.29. The molecule has 3 aromatic carbocycles. The van der Waals surface area contributed by atoms with Crippen molar-refractivity contribution in [2.45, 2.75) is 0 Å². The first kappa shape index (κ1) is 14.8. The van der Waals surface area contributed by atoms with Gasteiger partial charge in [-0.3, -0.25) is 0 Å². The standard InChI is InChI=1S/C20H12ClFN2/c21-14-10-11-18-16(12-14)19(15-8-4-5-9-17(15)22)24-20(23-18)13-6-2-1-3-7-13/h1-12H. The van der Waals surface area contributed by atoms with Crippen LogP contribution in [0.3, 0.4) is 0 Å². The first-order valence-electron chi connectivity index (χ1n) is 7.50. The van der Waals surface area contributed by atoms with Crippen LogP contribution in [0.1, 0.15) is 0 Å². The van der Waals surface area contributed by atoms with Crippen molar-refractivity contribution in [2.24, 2.45) is 0 Å². The summed E-state index contributed by atoms with van der Waals surface area (Å²) in [5.41, 5.74) is 2.59. The van der Waals surface area contributed by atoms with Gasteiger partial charge in [0, 0.05) is 21.5 Å². The molecule has 4 rings (SSSR count). The molecule has 24 heavy (non-hydrogen) atoms. The molecule has 1 heterocycles. The zero-order chi connectivity index (χ0) is 16.5. The van der Waals surface area contributed by atoms with E-state index >= 15 is 0 Å². The molecule has 4 heteroatoms. The number of nitrogens with zero attached hydrogens (tertiary/aromatic N) is 2. The molecule has 4 aromatic rings. The lowest BCUT2D eigenvalue weighted by atomic mass is 10.1. The van der Waals surface area contributed by atoms with Crippen LogP contribution in [0.15, 0.2) is 72.8 Å². The molecule has 0 atom stereocenters. The van der Waals surface area contributed by atoms with Crippen molar-refractivity contribution in [3.05, 3.63) is 83.6 Å². The Labute approximate surface area is 143 Å². The smallest absolute Gasteiger partial charge is 0.160 e. The average Bonchev–Trinajstić information content (AvgIpc) is 2.62. The van der Waals surface area contributed by atoms with Crippen LogP contribution in [0.5, 0.6) is 0 Å². The van der Waals surface area contributed by atoms with E-state index in [-0.39, 0.29) is 5.82 Å². The summed E-state index contributed by atoms with van der Waals surface area (Å²) in [5.74, 6) is 0.236. The monoisotopic (exact) mass is 334 g/mol. The van der Waals surface area contributed by atoms with Crippen LogP contribution < -0.4 is 0 Å². The Balaban J connectivity index is 2.06. The third kappa shape index (κ3) is 2.63. The summed E-state index contributed by atoms with van der Waals surface area (Å²) in [4.78, 5) is 9.24. The fourth-order valence-corrected chi connectivity index (χ4v) is 2.85. The fraction of sp³-hybridized carbons (Fsp3) is 0. The number of aromatic nitrogens is 2. The normalized spacial score (nSPS) is 10.9. The van der Waals surface area contributed by atoms with Crippen molar-refractivity contribution in [2.75, 3.05) is 0 Å². The molecule has 0 N–H and O–H groups in total. The molecular formula is C20H12ClFN2. The molecule has 0 radical (unpaired) electrons. The van der Waals surface area contributed by atoms with Crippen LogP contribution in [-0.4, -0.2) is 9.97 Å². The lowest BCUT2D eigenvalue weighted by Gasteiger charge is -2.10. The molecule has 0 unspecified atom stereocenters. The van der Waals surface area contributed by atoms with Crippen LogP contribution in [0.4, 0.5) is 4.39 Å². The van der Waals surface area contributed by atoms with Gasteiger partial charge in [0.1, 0.15) is 5.82 Å². The maximum Gasteiger partial charge on any atom is 0.160 e. The lowest BCUT2D eigenvalue weighted by Crippen LogP contribution is -1.96. The summed E-state index contributed by atoms with van der Waals surface area (Å²) < 4.78 is 14.3.